The van der Waals surface area contributed by atoms with Crippen LogP contribution in [0.15, 0.2) is 59.2 Å². The van der Waals surface area contributed by atoms with E-state index in [2.05, 4.69) is 57.0 Å². The fraction of sp³-hybridized carbons (Fsp3) is 0.286. The summed E-state index contributed by atoms with van der Waals surface area (Å²) in [5, 5.41) is 10.2. The molecule has 0 radical (unpaired) electrons. The Bertz CT molecular complexity index is 890. The van der Waals surface area contributed by atoms with Gasteiger partial charge in [0.25, 0.3) is 0 Å². The van der Waals surface area contributed by atoms with Crippen molar-refractivity contribution in [1.82, 2.24) is 4.57 Å². The van der Waals surface area contributed by atoms with Crippen LogP contribution in [0.25, 0.3) is 10.9 Å². The number of nitrogens with zero attached hydrogens (tertiary/aromatic N) is 1. The van der Waals surface area contributed by atoms with E-state index in [1.165, 1.54) is 5.56 Å². The Balaban J connectivity index is 1.72. The molecule has 0 saturated heterocycles. The van der Waals surface area contributed by atoms with E-state index in [0.717, 1.165) is 46.7 Å². The van der Waals surface area contributed by atoms with Gasteiger partial charge in [-0.15, -0.1) is 0 Å². The fourth-order valence-electron chi connectivity index (χ4n) is 3.27. The minimum absolute atomic E-state index is 0.333. The summed E-state index contributed by atoms with van der Waals surface area (Å²) in [7, 11) is 0. The van der Waals surface area contributed by atoms with Crippen molar-refractivity contribution in [1.29, 1.82) is 0 Å². The van der Waals surface area contributed by atoms with Gasteiger partial charge in [-0.3, -0.25) is 4.79 Å². The number of aryl methyl sites for hydroxylation is 2. The van der Waals surface area contributed by atoms with Crippen LogP contribution in [0.1, 0.15) is 24.0 Å². The number of carbonyl (C=O) groups is 1. The maximum absolute atomic E-state index is 11.1. The fourth-order valence-corrected chi connectivity index (χ4v) is 3.63. The Hall–Kier alpha value is -2.11. The predicted molar refractivity (Wildman–Crippen MR) is 108 cm³/mol. The lowest BCUT2D eigenvalue weighted by molar-refractivity contribution is -0.138. The molecule has 1 aromatic heterocycles. The Morgan fingerprint density at radius 1 is 1.15 bits per heavy atom. The van der Waals surface area contributed by atoms with Crippen LogP contribution in [0.2, 0.25) is 0 Å². The molecule has 4 nitrogen and oxygen atoms in total. The molecule has 1 atom stereocenters. The second-order valence-corrected chi connectivity index (χ2v) is 7.52. The molecule has 3 N–H and O–H groups in total. The van der Waals surface area contributed by atoms with Crippen molar-refractivity contribution < 1.29 is 9.90 Å². The standard InChI is InChI=1S/C21H23BrN2O2/c22-17-9-10-20-18(13-17)16(12-19(23)21(25)26)14-24(20)11-5-4-8-15-6-2-1-3-7-15/h1-3,6-7,9-10,13-14,19H,4-5,8,11-12,23H2,(H,25,26)/t19-/m0/s1. The topological polar surface area (TPSA) is 68.2 Å². The zero-order chi connectivity index (χ0) is 18.5. The lowest BCUT2D eigenvalue weighted by Gasteiger charge is -2.06. The Morgan fingerprint density at radius 3 is 2.65 bits per heavy atom. The number of unbranched alkanes of at least 4 members (excludes halogenated alkanes) is 1. The van der Waals surface area contributed by atoms with Crippen molar-refractivity contribution in [2.24, 2.45) is 5.73 Å². The molecule has 3 rings (SSSR count). The van der Waals surface area contributed by atoms with Crippen molar-refractivity contribution in [3.8, 4) is 0 Å². The molecule has 136 valence electrons. The van der Waals surface area contributed by atoms with E-state index in [4.69, 9.17) is 10.8 Å². The van der Waals surface area contributed by atoms with E-state index in [1.54, 1.807) is 0 Å². The average molecular weight is 415 g/mol. The molecule has 0 spiro atoms. The summed E-state index contributed by atoms with van der Waals surface area (Å²) in [4.78, 5) is 11.1. The van der Waals surface area contributed by atoms with Crippen LogP contribution < -0.4 is 5.73 Å². The second kappa shape index (κ2) is 8.52. The lowest BCUT2D eigenvalue weighted by atomic mass is 10.1. The number of benzene rings is 2. The third kappa shape index (κ3) is 4.54. The highest BCUT2D eigenvalue weighted by atomic mass is 79.9. The molecular weight excluding hydrogens is 392 g/mol. The molecule has 5 heteroatoms. The molecule has 1 heterocycles. The SMILES string of the molecule is N[C@@H](Cc1cn(CCCCc2ccccc2)c2ccc(Br)cc12)C(=O)O. The molecular formula is C21H23BrN2O2. The highest BCUT2D eigenvalue weighted by molar-refractivity contribution is 9.10. The van der Waals surface area contributed by atoms with Crippen LogP contribution in [-0.4, -0.2) is 21.7 Å². The summed E-state index contributed by atoms with van der Waals surface area (Å²) >= 11 is 3.50. The van der Waals surface area contributed by atoms with Gasteiger partial charge in [0.1, 0.15) is 6.04 Å². The number of nitrogens with two attached hydrogens (primary N) is 1. The first kappa shape index (κ1) is 18.7. The first-order valence-electron chi connectivity index (χ1n) is 8.84. The summed E-state index contributed by atoms with van der Waals surface area (Å²) < 4.78 is 3.20. The van der Waals surface area contributed by atoms with Crippen molar-refractivity contribution >= 4 is 32.8 Å². The Morgan fingerprint density at radius 2 is 1.92 bits per heavy atom. The normalized spacial score (nSPS) is 12.4. The van der Waals surface area contributed by atoms with Gasteiger partial charge in [0.2, 0.25) is 0 Å². The van der Waals surface area contributed by atoms with E-state index >= 15 is 0 Å². The Labute approximate surface area is 161 Å². The monoisotopic (exact) mass is 414 g/mol. The number of carboxylic acids is 1. The van der Waals surface area contributed by atoms with Crippen molar-refractivity contribution in [2.45, 2.75) is 38.3 Å². The zero-order valence-electron chi connectivity index (χ0n) is 14.6. The molecule has 26 heavy (non-hydrogen) atoms. The second-order valence-electron chi connectivity index (χ2n) is 6.60. The lowest BCUT2D eigenvalue weighted by Crippen LogP contribution is -2.32. The van der Waals surface area contributed by atoms with Crippen LogP contribution in [0, 0.1) is 0 Å². The molecule has 0 aliphatic heterocycles. The Kier molecular flexibility index (Phi) is 6.12. The number of aliphatic carboxylic acids is 1. The van der Waals surface area contributed by atoms with E-state index in [9.17, 15) is 4.79 Å². The van der Waals surface area contributed by atoms with Crippen LogP contribution in [0.4, 0.5) is 0 Å². The van der Waals surface area contributed by atoms with Crippen LogP contribution in [-0.2, 0) is 24.2 Å². The summed E-state index contributed by atoms with van der Waals surface area (Å²) in [5.74, 6) is -0.969. The number of hydrogen-bond acceptors (Lipinski definition) is 2. The van der Waals surface area contributed by atoms with Crippen LogP contribution in [0.3, 0.4) is 0 Å². The largest absolute Gasteiger partial charge is 0.480 e. The average Bonchev–Trinajstić information content (AvgIpc) is 2.96. The molecule has 0 amide bonds. The van der Waals surface area contributed by atoms with Gasteiger partial charge >= 0.3 is 5.97 Å². The molecule has 0 aliphatic carbocycles. The predicted octanol–water partition coefficient (Wildman–Crippen LogP) is 4.38. The van der Waals surface area contributed by atoms with E-state index in [0.29, 0.717) is 6.42 Å². The van der Waals surface area contributed by atoms with Gasteiger partial charge in [-0.25, -0.2) is 0 Å². The number of fused-ring (bicyclic) bond motifs is 1. The van der Waals surface area contributed by atoms with Gasteiger partial charge < -0.3 is 15.4 Å². The zero-order valence-corrected chi connectivity index (χ0v) is 16.2. The summed E-state index contributed by atoms with van der Waals surface area (Å²) in [6.07, 6.45) is 5.65. The van der Waals surface area contributed by atoms with Gasteiger partial charge in [-0.05, 0) is 48.6 Å². The maximum Gasteiger partial charge on any atom is 0.320 e. The van der Waals surface area contributed by atoms with Gasteiger partial charge in [-0.1, -0.05) is 46.3 Å². The van der Waals surface area contributed by atoms with Gasteiger partial charge in [0.05, 0.1) is 0 Å². The molecule has 0 saturated carbocycles. The number of rotatable bonds is 8. The molecule has 0 aliphatic rings. The quantitative estimate of drug-likeness (QED) is 0.537. The third-order valence-corrected chi connectivity index (χ3v) is 5.13. The van der Waals surface area contributed by atoms with Gasteiger partial charge in [-0.2, -0.15) is 0 Å². The van der Waals surface area contributed by atoms with Crippen molar-refractivity contribution in [2.75, 3.05) is 0 Å². The first-order chi connectivity index (χ1) is 12.5. The van der Waals surface area contributed by atoms with E-state index in [-0.39, 0.29) is 0 Å². The first-order valence-corrected chi connectivity index (χ1v) is 9.63. The highest BCUT2D eigenvalue weighted by Crippen LogP contribution is 2.26. The summed E-state index contributed by atoms with van der Waals surface area (Å²) in [6.45, 7) is 0.910. The molecule has 2 aromatic carbocycles. The molecule has 0 unspecified atom stereocenters. The van der Waals surface area contributed by atoms with Crippen LogP contribution in [0.5, 0.6) is 0 Å². The number of halogens is 1. The van der Waals surface area contributed by atoms with Gasteiger partial charge in [0.15, 0.2) is 0 Å². The number of aromatic nitrogens is 1. The molecule has 0 fully saturated rings. The minimum atomic E-state index is -0.969. The van der Waals surface area contributed by atoms with E-state index < -0.39 is 12.0 Å². The van der Waals surface area contributed by atoms with Crippen molar-refractivity contribution in [3.63, 3.8) is 0 Å². The van der Waals surface area contributed by atoms with E-state index in [1.807, 2.05) is 18.2 Å². The van der Waals surface area contributed by atoms with Gasteiger partial charge in [0, 0.05) is 34.5 Å². The van der Waals surface area contributed by atoms with Crippen LogP contribution >= 0.6 is 15.9 Å². The minimum Gasteiger partial charge on any atom is -0.480 e. The summed E-state index contributed by atoms with van der Waals surface area (Å²) in [5.41, 5.74) is 9.23. The third-order valence-electron chi connectivity index (χ3n) is 4.64. The highest BCUT2D eigenvalue weighted by Gasteiger charge is 2.16. The molecule has 3 aromatic rings. The summed E-state index contributed by atoms with van der Waals surface area (Å²) in [6, 6.07) is 15.8. The number of carboxylic acid groups (broad SMARTS) is 1. The smallest absolute Gasteiger partial charge is 0.320 e. The van der Waals surface area contributed by atoms with Crippen molar-refractivity contribution in [3.05, 3.63) is 70.3 Å². The molecule has 0 bridgehead atoms. The number of hydrogen-bond donors (Lipinski definition) is 2. The maximum atomic E-state index is 11.1.